The zero-order valence-electron chi connectivity index (χ0n) is 9.33. The molecule has 1 aliphatic carbocycles. The van der Waals surface area contributed by atoms with Gasteiger partial charge in [0.15, 0.2) is 0 Å². The van der Waals surface area contributed by atoms with Gasteiger partial charge < -0.3 is 10.6 Å². The first-order chi connectivity index (χ1) is 6.65. The molecule has 0 bridgehead atoms. The summed E-state index contributed by atoms with van der Waals surface area (Å²) in [4.78, 5) is 13.7. The molecule has 3 nitrogen and oxygen atoms in total. The molecule has 0 heterocycles. The van der Waals surface area contributed by atoms with Crippen LogP contribution < -0.4 is 5.73 Å². The normalized spacial score (nSPS) is 27.4. The summed E-state index contributed by atoms with van der Waals surface area (Å²) < 4.78 is 0. The fraction of sp³-hybridized carbons (Fsp3) is 0.909. The van der Waals surface area contributed by atoms with Crippen LogP contribution in [0.3, 0.4) is 0 Å². The van der Waals surface area contributed by atoms with Gasteiger partial charge in [0.25, 0.3) is 0 Å². The SMILES string of the molecule is CCCN(C)C(=O)C1CCC(N)CC1. The van der Waals surface area contributed by atoms with Gasteiger partial charge in [0.05, 0.1) is 0 Å². The molecule has 0 aromatic carbocycles. The Morgan fingerprint density at radius 2 is 1.93 bits per heavy atom. The molecule has 0 aromatic rings. The smallest absolute Gasteiger partial charge is 0.225 e. The summed E-state index contributed by atoms with van der Waals surface area (Å²) in [6.45, 7) is 2.97. The Hall–Kier alpha value is -0.570. The zero-order chi connectivity index (χ0) is 10.6. The van der Waals surface area contributed by atoms with Crippen molar-refractivity contribution in [2.45, 2.75) is 45.1 Å². The number of carbonyl (C=O) groups is 1. The fourth-order valence-corrected chi connectivity index (χ4v) is 2.12. The summed E-state index contributed by atoms with van der Waals surface area (Å²) in [7, 11) is 1.90. The van der Waals surface area contributed by atoms with Gasteiger partial charge in [-0.1, -0.05) is 6.92 Å². The Kier molecular flexibility index (Phi) is 4.39. The van der Waals surface area contributed by atoms with Crippen molar-refractivity contribution in [3.05, 3.63) is 0 Å². The molecule has 0 spiro atoms. The van der Waals surface area contributed by atoms with Gasteiger partial charge in [0.2, 0.25) is 5.91 Å². The molecule has 1 amide bonds. The van der Waals surface area contributed by atoms with Crippen molar-refractivity contribution in [1.82, 2.24) is 4.90 Å². The summed E-state index contributed by atoms with van der Waals surface area (Å²) in [5, 5.41) is 0. The van der Waals surface area contributed by atoms with Crippen LogP contribution in [-0.2, 0) is 4.79 Å². The van der Waals surface area contributed by atoms with E-state index in [-0.39, 0.29) is 5.92 Å². The third-order valence-electron chi connectivity index (χ3n) is 3.06. The van der Waals surface area contributed by atoms with Crippen molar-refractivity contribution in [3.8, 4) is 0 Å². The van der Waals surface area contributed by atoms with Crippen LogP contribution in [0, 0.1) is 5.92 Å². The Morgan fingerprint density at radius 3 is 2.43 bits per heavy atom. The lowest BCUT2D eigenvalue weighted by atomic mass is 9.85. The van der Waals surface area contributed by atoms with Gasteiger partial charge in [0.1, 0.15) is 0 Å². The molecule has 1 rings (SSSR count). The van der Waals surface area contributed by atoms with Crippen LogP contribution in [0.15, 0.2) is 0 Å². The minimum absolute atomic E-state index is 0.242. The van der Waals surface area contributed by atoms with Gasteiger partial charge in [-0.2, -0.15) is 0 Å². The maximum absolute atomic E-state index is 11.9. The van der Waals surface area contributed by atoms with E-state index in [1.807, 2.05) is 11.9 Å². The molecule has 0 atom stereocenters. The van der Waals surface area contributed by atoms with E-state index in [9.17, 15) is 4.79 Å². The summed E-state index contributed by atoms with van der Waals surface area (Å²) >= 11 is 0. The van der Waals surface area contributed by atoms with E-state index in [1.54, 1.807) is 0 Å². The molecule has 0 aromatic heterocycles. The fourth-order valence-electron chi connectivity index (χ4n) is 2.12. The predicted octanol–water partition coefficient (Wildman–Crippen LogP) is 1.37. The third kappa shape index (κ3) is 2.98. The van der Waals surface area contributed by atoms with Crippen LogP contribution in [0.25, 0.3) is 0 Å². The van der Waals surface area contributed by atoms with E-state index >= 15 is 0 Å². The van der Waals surface area contributed by atoms with Crippen molar-refractivity contribution in [2.24, 2.45) is 11.7 Å². The number of hydrogen-bond donors (Lipinski definition) is 1. The monoisotopic (exact) mass is 198 g/mol. The number of amides is 1. The second kappa shape index (κ2) is 5.35. The molecule has 1 aliphatic rings. The van der Waals surface area contributed by atoms with Crippen LogP contribution in [0.4, 0.5) is 0 Å². The first kappa shape index (κ1) is 11.5. The molecule has 0 unspecified atom stereocenters. The lowest BCUT2D eigenvalue weighted by molar-refractivity contribution is -0.135. The topological polar surface area (TPSA) is 46.3 Å². The maximum Gasteiger partial charge on any atom is 0.225 e. The molecule has 14 heavy (non-hydrogen) atoms. The molecule has 1 fully saturated rings. The second-order valence-corrected chi connectivity index (χ2v) is 4.37. The van der Waals surface area contributed by atoms with E-state index in [0.29, 0.717) is 11.9 Å². The van der Waals surface area contributed by atoms with Gasteiger partial charge in [-0.05, 0) is 32.1 Å². The van der Waals surface area contributed by atoms with Gasteiger partial charge in [-0.15, -0.1) is 0 Å². The Balaban J connectivity index is 2.37. The average molecular weight is 198 g/mol. The molecule has 0 radical (unpaired) electrons. The van der Waals surface area contributed by atoms with Crippen molar-refractivity contribution >= 4 is 5.91 Å². The lowest BCUT2D eigenvalue weighted by Gasteiger charge is -2.28. The molecule has 3 heteroatoms. The molecule has 1 saturated carbocycles. The minimum Gasteiger partial charge on any atom is -0.346 e. The summed E-state index contributed by atoms with van der Waals surface area (Å²) in [5.74, 6) is 0.560. The molecule has 2 N–H and O–H groups in total. The number of carbonyl (C=O) groups excluding carboxylic acids is 1. The van der Waals surface area contributed by atoms with Gasteiger partial charge in [-0.25, -0.2) is 0 Å². The van der Waals surface area contributed by atoms with E-state index in [1.165, 1.54) is 0 Å². The largest absolute Gasteiger partial charge is 0.346 e. The van der Waals surface area contributed by atoms with Crippen molar-refractivity contribution in [1.29, 1.82) is 0 Å². The van der Waals surface area contributed by atoms with E-state index in [4.69, 9.17) is 5.73 Å². The van der Waals surface area contributed by atoms with Crippen molar-refractivity contribution in [2.75, 3.05) is 13.6 Å². The average Bonchev–Trinajstić information content (AvgIpc) is 2.18. The first-order valence-corrected chi connectivity index (χ1v) is 5.65. The van der Waals surface area contributed by atoms with Crippen LogP contribution in [0.2, 0.25) is 0 Å². The third-order valence-corrected chi connectivity index (χ3v) is 3.06. The summed E-state index contributed by atoms with van der Waals surface area (Å²) in [6.07, 6.45) is 5.02. The Morgan fingerprint density at radius 1 is 1.36 bits per heavy atom. The van der Waals surface area contributed by atoms with Crippen LogP contribution >= 0.6 is 0 Å². The number of rotatable bonds is 3. The van der Waals surface area contributed by atoms with Gasteiger partial charge in [0, 0.05) is 25.6 Å². The highest BCUT2D eigenvalue weighted by Crippen LogP contribution is 2.24. The summed E-state index contributed by atoms with van der Waals surface area (Å²) in [6, 6.07) is 0.329. The zero-order valence-corrected chi connectivity index (χ0v) is 9.33. The van der Waals surface area contributed by atoms with Gasteiger partial charge >= 0.3 is 0 Å². The molecular formula is C11H22N2O. The van der Waals surface area contributed by atoms with Crippen LogP contribution in [0.1, 0.15) is 39.0 Å². The first-order valence-electron chi connectivity index (χ1n) is 5.65. The second-order valence-electron chi connectivity index (χ2n) is 4.37. The van der Waals surface area contributed by atoms with E-state index in [0.717, 1.165) is 38.6 Å². The minimum atomic E-state index is 0.242. The highest BCUT2D eigenvalue weighted by atomic mass is 16.2. The van der Waals surface area contributed by atoms with Gasteiger partial charge in [-0.3, -0.25) is 4.79 Å². The highest BCUT2D eigenvalue weighted by molar-refractivity contribution is 5.78. The molecule has 82 valence electrons. The predicted molar refractivity (Wildman–Crippen MR) is 57.9 cm³/mol. The van der Waals surface area contributed by atoms with Crippen LogP contribution in [0.5, 0.6) is 0 Å². The van der Waals surface area contributed by atoms with Crippen molar-refractivity contribution < 1.29 is 4.79 Å². The quantitative estimate of drug-likeness (QED) is 0.744. The summed E-state index contributed by atoms with van der Waals surface area (Å²) in [5.41, 5.74) is 5.81. The van der Waals surface area contributed by atoms with Crippen LogP contribution in [-0.4, -0.2) is 30.4 Å². The standard InChI is InChI=1S/C11H22N2O/c1-3-8-13(2)11(14)9-4-6-10(12)7-5-9/h9-10H,3-8,12H2,1-2H3. The number of hydrogen-bond acceptors (Lipinski definition) is 2. The molecule has 0 aliphatic heterocycles. The van der Waals surface area contributed by atoms with E-state index in [2.05, 4.69) is 6.92 Å². The Labute approximate surface area is 86.6 Å². The lowest BCUT2D eigenvalue weighted by Crippen LogP contribution is -2.37. The molecular weight excluding hydrogens is 176 g/mol. The molecule has 0 saturated heterocycles. The number of nitrogens with zero attached hydrogens (tertiary/aromatic N) is 1. The number of nitrogens with two attached hydrogens (primary N) is 1. The Bertz CT molecular complexity index is 186. The van der Waals surface area contributed by atoms with Crippen molar-refractivity contribution in [3.63, 3.8) is 0 Å². The van der Waals surface area contributed by atoms with E-state index < -0.39 is 0 Å². The maximum atomic E-state index is 11.9. The highest BCUT2D eigenvalue weighted by Gasteiger charge is 2.26.